The van der Waals surface area contributed by atoms with Gasteiger partial charge in [0.25, 0.3) is 0 Å². The van der Waals surface area contributed by atoms with Gasteiger partial charge in [-0.2, -0.15) is 0 Å². The molecule has 108 valence electrons. The Balaban J connectivity index is 1.89. The second-order valence-corrected chi connectivity index (χ2v) is 5.61. The Morgan fingerprint density at radius 2 is 2.05 bits per heavy atom. The predicted molar refractivity (Wildman–Crippen MR) is 84.7 cm³/mol. The van der Waals surface area contributed by atoms with Crippen LogP contribution in [0.5, 0.6) is 0 Å². The number of nitrogens with zero attached hydrogens (tertiary/aromatic N) is 4. The van der Waals surface area contributed by atoms with Crippen LogP contribution in [0.2, 0.25) is 0 Å². The number of aryl methyl sites for hydroxylation is 1. The fraction of sp³-hybridized carbons (Fsp3) is 0.267. The monoisotopic (exact) mass is 300 g/mol. The molecular formula is C15H16N4OS. The summed E-state index contributed by atoms with van der Waals surface area (Å²) in [6, 6.07) is 9.85. The van der Waals surface area contributed by atoms with Crippen LogP contribution in [0.4, 0.5) is 5.82 Å². The number of rotatable bonds is 4. The molecule has 21 heavy (non-hydrogen) atoms. The van der Waals surface area contributed by atoms with Crippen LogP contribution in [0.3, 0.4) is 0 Å². The van der Waals surface area contributed by atoms with E-state index in [1.54, 1.807) is 11.8 Å². The Labute approximate surface area is 127 Å². The summed E-state index contributed by atoms with van der Waals surface area (Å²) < 4.78 is 5.34. The minimum Gasteiger partial charge on any atom is -0.356 e. The van der Waals surface area contributed by atoms with Gasteiger partial charge in [0, 0.05) is 24.2 Å². The molecule has 5 nitrogen and oxygen atoms in total. The number of fused-ring (bicyclic) bond motifs is 1. The van der Waals surface area contributed by atoms with Crippen LogP contribution in [0.15, 0.2) is 40.0 Å². The van der Waals surface area contributed by atoms with E-state index in [2.05, 4.69) is 20.0 Å². The first-order valence-corrected chi connectivity index (χ1v) is 7.84. The average molecular weight is 300 g/mol. The molecule has 0 atom stereocenters. The Morgan fingerprint density at radius 3 is 2.86 bits per heavy atom. The quantitative estimate of drug-likeness (QED) is 0.544. The number of anilines is 1. The highest BCUT2D eigenvalue weighted by molar-refractivity contribution is 7.98. The van der Waals surface area contributed by atoms with E-state index in [1.807, 2.05) is 50.6 Å². The fourth-order valence-electron chi connectivity index (χ4n) is 2.17. The van der Waals surface area contributed by atoms with Gasteiger partial charge in [-0.25, -0.2) is 9.97 Å². The summed E-state index contributed by atoms with van der Waals surface area (Å²) in [6.07, 6.45) is 1.98. The number of benzene rings is 1. The van der Waals surface area contributed by atoms with Crippen molar-refractivity contribution < 1.29 is 4.52 Å². The number of hydrogen-bond acceptors (Lipinski definition) is 6. The first-order valence-electron chi connectivity index (χ1n) is 6.61. The van der Waals surface area contributed by atoms with Crippen LogP contribution >= 0.6 is 11.8 Å². The van der Waals surface area contributed by atoms with Gasteiger partial charge >= 0.3 is 0 Å². The lowest BCUT2D eigenvalue weighted by molar-refractivity contribution is 0.445. The molecule has 3 rings (SSSR count). The van der Waals surface area contributed by atoms with Gasteiger partial charge in [0.1, 0.15) is 11.5 Å². The van der Waals surface area contributed by atoms with Crippen LogP contribution in [-0.4, -0.2) is 28.4 Å². The van der Waals surface area contributed by atoms with E-state index >= 15 is 0 Å². The summed E-state index contributed by atoms with van der Waals surface area (Å²) in [6.45, 7) is 2.62. The van der Waals surface area contributed by atoms with E-state index in [4.69, 9.17) is 4.52 Å². The van der Waals surface area contributed by atoms with Gasteiger partial charge in [-0.3, -0.25) is 0 Å². The summed E-state index contributed by atoms with van der Waals surface area (Å²) >= 11 is 1.54. The number of aromatic nitrogens is 3. The van der Waals surface area contributed by atoms with Crippen molar-refractivity contribution in [1.82, 2.24) is 15.1 Å². The van der Waals surface area contributed by atoms with E-state index in [0.717, 1.165) is 33.3 Å². The second kappa shape index (κ2) is 5.73. The van der Waals surface area contributed by atoms with Gasteiger partial charge in [-0.15, -0.1) is 0 Å². The molecular weight excluding hydrogens is 284 g/mol. The summed E-state index contributed by atoms with van der Waals surface area (Å²) in [4.78, 5) is 11.0. The van der Waals surface area contributed by atoms with Crippen LogP contribution in [0.25, 0.3) is 11.0 Å². The van der Waals surface area contributed by atoms with Gasteiger partial charge in [0.2, 0.25) is 0 Å². The largest absolute Gasteiger partial charge is 0.356 e. The molecule has 1 aromatic carbocycles. The number of hydrogen-bond donors (Lipinski definition) is 0. The summed E-state index contributed by atoms with van der Waals surface area (Å²) in [7, 11) is 2.00. The van der Waals surface area contributed by atoms with Crippen molar-refractivity contribution in [3.05, 3.63) is 41.7 Å². The molecule has 0 aliphatic rings. The van der Waals surface area contributed by atoms with E-state index in [-0.39, 0.29) is 0 Å². The molecule has 0 saturated heterocycles. The SMILES string of the molecule is CSc1nc(C)cc(N(C)Cc2noc3ccccc23)n1. The van der Waals surface area contributed by atoms with Gasteiger partial charge in [-0.1, -0.05) is 29.1 Å². The highest BCUT2D eigenvalue weighted by Gasteiger charge is 2.12. The van der Waals surface area contributed by atoms with Crippen molar-refractivity contribution in [2.45, 2.75) is 18.6 Å². The van der Waals surface area contributed by atoms with Crippen LogP contribution in [0, 0.1) is 6.92 Å². The summed E-state index contributed by atoms with van der Waals surface area (Å²) in [5, 5.41) is 5.98. The van der Waals surface area contributed by atoms with Crippen molar-refractivity contribution >= 4 is 28.5 Å². The van der Waals surface area contributed by atoms with Crippen molar-refractivity contribution in [2.75, 3.05) is 18.2 Å². The molecule has 0 saturated carbocycles. The predicted octanol–water partition coefficient (Wildman–Crippen LogP) is 3.28. The van der Waals surface area contributed by atoms with E-state index in [0.29, 0.717) is 6.54 Å². The summed E-state index contributed by atoms with van der Waals surface area (Å²) in [5.41, 5.74) is 2.68. The van der Waals surface area contributed by atoms with Crippen LogP contribution in [0.1, 0.15) is 11.4 Å². The van der Waals surface area contributed by atoms with Gasteiger partial charge in [0.05, 0.1) is 6.54 Å². The third-order valence-electron chi connectivity index (χ3n) is 3.23. The molecule has 2 aromatic heterocycles. The first kappa shape index (κ1) is 13.9. The molecule has 2 heterocycles. The maximum Gasteiger partial charge on any atom is 0.189 e. The minimum atomic E-state index is 0.640. The molecule has 0 unspecified atom stereocenters. The van der Waals surface area contributed by atoms with Gasteiger partial charge in [0.15, 0.2) is 10.7 Å². The third-order valence-corrected chi connectivity index (χ3v) is 3.78. The van der Waals surface area contributed by atoms with Gasteiger partial charge in [-0.05, 0) is 25.3 Å². The lowest BCUT2D eigenvalue weighted by Gasteiger charge is -2.17. The topological polar surface area (TPSA) is 55.1 Å². The van der Waals surface area contributed by atoms with Crippen molar-refractivity contribution in [3.63, 3.8) is 0 Å². The second-order valence-electron chi connectivity index (χ2n) is 4.84. The first-order chi connectivity index (χ1) is 10.2. The molecule has 0 radical (unpaired) electrons. The summed E-state index contributed by atoms with van der Waals surface area (Å²) in [5.74, 6) is 0.888. The maximum atomic E-state index is 5.34. The Hall–Kier alpha value is -2.08. The zero-order valence-electron chi connectivity index (χ0n) is 12.2. The van der Waals surface area contributed by atoms with Crippen LogP contribution < -0.4 is 4.90 Å². The molecule has 3 aromatic rings. The molecule has 0 amide bonds. The lowest BCUT2D eigenvalue weighted by atomic mass is 10.2. The minimum absolute atomic E-state index is 0.640. The van der Waals surface area contributed by atoms with E-state index < -0.39 is 0 Å². The highest BCUT2D eigenvalue weighted by atomic mass is 32.2. The zero-order chi connectivity index (χ0) is 14.8. The highest BCUT2D eigenvalue weighted by Crippen LogP contribution is 2.22. The average Bonchev–Trinajstić information content (AvgIpc) is 2.90. The molecule has 0 N–H and O–H groups in total. The van der Waals surface area contributed by atoms with Crippen molar-refractivity contribution in [1.29, 1.82) is 0 Å². The zero-order valence-corrected chi connectivity index (χ0v) is 13.0. The Morgan fingerprint density at radius 1 is 1.24 bits per heavy atom. The smallest absolute Gasteiger partial charge is 0.189 e. The normalized spacial score (nSPS) is 11.0. The van der Waals surface area contributed by atoms with Crippen LogP contribution in [-0.2, 0) is 6.54 Å². The molecule has 0 bridgehead atoms. The van der Waals surface area contributed by atoms with Gasteiger partial charge < -0.3 is 9.42 Å². The molecule has 0 aliphatic heterocycles. The van der Waals surface area contributed by atoms with Crippen molar-refractivity contribution in [2.24, 2.45) is 0 Å². The number of para-hydroxylation sites is 1. The molecule has 6 heteroatoms. The Bertz CT molecular complexity index is 771. The lowest BCUT2D eigenvalue weighted by Crippen LogP contribution is -2.18. The van der Waals surface area contributed by atoms with E-state index in [9.17, 15) is 0 Å². The fourth-order valence-corrected chi connectivity index (χ4v) is 2.59. The molecule has 0 spiro atoms. The molecule has 0 aliphatic carbocycles. The number of thioether (sulfide) groups is 1. The van der Waals surface area contributed by atoms with Crippen molar-refractivity contribution in [3.8, 4) is 0 Å². The molecule has 0 fully saturated rings. The third kappa shape index (κ3) is 2.85. The standard InChI is InChI=1S/C15H16N4OS/c1-10-8-14(17-15(16-10)21-3)19(2)9-12-11-6-4-5-7-13(11)20-18-12/h4-8H,9H2,1-3H3. The maximum absolute atomic E-state index is 5.34. The van der Waals surface area contributed by atoms with E-state index in [1.165, 1.54) is 0 Å². The Kier molecular flexibility index (Phi) is 3.79.